The van der Waals surface area contributed by atoms with Gasteiger partial charge in [-0.1, -0.05) is 5.16 Å². The van der Waals surface area contributed by atoms with Crippen LogP contribution in [0.3, 0.4) is 0 Å². The third-order valence-corrected chi connectivity index (χ3v) is 9.63. The summed E-state index contributed by atoms with van der Waals surface area (Å²) in [5, 5.41) is 14.1. The number of aromatic nitrogens is 3. The van der Waals surface area contributed by atoms with E-state index < -0.39 is 5.97 Å². The second kappa shape index (κ2) is 8.54. The number of aryl methyl sites for hydroxylation is 1. The molecule has 1 spiro atoms. The Balaban J connectivity index is 1.05. The minimum Gasteiger partial charge on any atom is -0.477 e. The Kier molecular flexibility index (Phi) is 5.38. The molecule has 3 atom stereocenters. The predicted molar refractivity (Wildman–Crippen MR) is 132 cm³/mol. The van der Waals surface area contributed by atoms with Crippen LogP contribution in [-0.2, 0) is 11.3 Å². The zero-order valence-electron chi connectivity index (χ0n) is 21.1. The van der Waals surface area contributed by atoms with E-state index in [2.05, 4.69) is 20.0 Å². The van der Waals surface area contributed by atoms with E-state index in [4.69, 9.17) is 9.26 Å². The van der Waals surface area contributed by atoms with Crippen LogP contribution in [0.1, 0.15) is 122 Å². The molecular formula is C28H36N4O4. The first kappa shape index (κ1) is 22.7. The summed E-state index contributed by atoms with van der Waals surface area (Å²) in [6.07, 6.45) is 14.6. The van der Waals surface area contributed by atoms with Crippen molar-refractivity contribution in [2.24, 2.45) is 5.41 Å². The van der Waals surface area contributed by atoms with Gasteiger partial charge in [0.1, 0.15) is 5.76 Å². The third-order valence-electron chi connectivity index (χ3n) is 9.63. The van der Waals surface area contributed by atoms with Crippen molar-refractivity contribution < 1.29 is 19.2 Å². The molecule has 36 heavy (non-hydrogen) atoms. The van der Waals surface area contributed by atoms with E-state index in [-0.39, 0.29) is 23.9 Å². The van der Waals surface area contributed by atoms with Gasteiger partial charge < -0.3 is 19.3 Å². The quantitative estimate of drug-likeness (QED) is 0.540. The minimum absolute atomic E-state index is 0.0678. The fourth-order valence-electron chi connectivity index (χ4n) is 7.22. The van der Waals surface area contributed by atoms with Crippen LogP contribution < -0.4 is 4.90 Å². The van der Waals surface area contributed by atoms with Crippen LogP contribution >= 0.6 is 0 Å². The van der Waals surface area contributed by atoms with Crippen LogP contribution in [0.15, 0.2) is 10.6 Å². The lowest BCUT2D eigenvalue weighted by atomic mass is 9.77. The Morgan fingerprint density at radius 2 is 1.78 bits per heavy atom. The van der Waals surface area contributed by atoms with Gasteiger partial charge in [-0.05, 0) is 95.5 Å². The van der Waals surface area contributed by atoms with Crippen molar-refractivity contribution in [1.82, 2.24) is 15.1 Å². The molecule has 5 aliphatic rings. The van der Waals surface area contributed by atoms with Crippen molar-refractivity contribution in [2.45, 2.75) is 121 Å². The van der Waals surface area contributed by atoms with Gasteiger partial charge in [0.2, 0.25) is 5.95 Å². The Morgan fingerprint density at radius 3 is 2.42 bits per heavy atom. The summed E-state index contributed by atoms with van der Waals surface area (Å²) in [5.41, 5.74) is 3.87. The number of rotatable bonds is 7. The monoisotopic (exact) mass is 492 g/mol. The number of carboxylic acids is 1. The lowest BCUT2D eigenvalue weighted by molar-refractivity contribution is 0.0138. The minimum atomic E-state index is -1.01. The summed E-state index contributed by atoms with van der Waals surface area (Å²) in [6, 6.07) is 2.11. The number of anilines is 1. The third kappa shape index (κ3) is 4.11. The molecule has 0 radical (unpaired) electrons. The molecule has 1 N–H and O–H groups in total. The van der Waals surface area contributed by atoms with Gasteiger partial charge in [-0.2, -0.15) is 0 Å². The molecule has 3 aliphatic carbocycles. The van der Waals surface area contributed by atoms with Crippen molar-refractivity contribution >= 4 is 11.9 Å². The highest BCUT2D eigenvalue weighted by atomic mass is 16.5. The van der Waals surface area contributed by atoms with Gasteiger partial charge in [0.25, 0.3) is 0 Å². The normalized spacial score (nSPS) is 29.1. The van der Waals surface area contributed by atoms with Crippen molar-refractivity contribution in [3.63, 3.8) is 0 Å². The van der Waals surface area contributed by atoms with Crippen molar-refractivity contribution in [1.29, 1.82) is 0 Å². The summed E-state index contributed by atoms with van der Waals surface area (Å²) < 4.78 is 12.6. The Bertz CT molecular complexity index is 1150. The predicted octanol–water partition coefficient (Wildman–Crippen LogP) is 5.50. The molecule has 8 heteroatoms. The van der Waals surface area contributed by atoms with Gasteiger partial charge in [-0.3, -0.25) is 0 Å². The summed E-state index contributed by atoms with van der Waals surface area (Å²) in [7, 11) is 0. The first-order chi connectivity index (χ1) is 17.5. The molecule has 0 aromatic carbocycles. The number of ether oxygens (including phenoxy) is 1. The van der Waals surface area contributed by atoms with E-state index in [1.54, 1.807) is 0 Å². The molecular weight excluding hydrogens is 456 g/mol. The van der Waals surface area contributed by atoms with Gasteiger partial charge in [0, 0.05) is 35.2 Å². The molecule has 2 bridgehead atoms. The number of fused-ring (bicyclic) bond motifs is 2. The van der Waals surface area contributed by atoms with Crippen LogP contribution in [0.2, 0.25) is 0 Å². The van der Waals surface area contributed by atoms with Crippen molar-refractivity contribution in [2.75, 3.05) is 4.90 Å². The van der Waals surface area contributed by atoms with E-state index in [9.17, 15) is 9.90 Å². The summed E-state index contributed by atoms with van der Waals surface area (Å²) in [5.74, 6) is 1.69. The van der Waals surface area contributed by atoms with Crippen LogP contribution in [-0.4, -0.2) is 44.4 Å². The zero-order valence-corrected chi connectivity index (χ0v) is 21.1. The topological polar surface area (TPSA) is 102 Å². The first-order valence-corrected chi connectivity index (χ1v) is 14.0. The van der Waals surface area contributed by atoms with E-state index >= 15 is 0 Å². The average Bonchev–Trinajstić information content (AvgIpc) is 3.79. The van der Waals surface area contributed by atoms with Gasteiger partial charge in [-0.15, -0.1) is 0 Å². The van der Waals surface area contributed by atoms with E-state index in [0.29, 0.717) is 35.5 Å². The Labute approximate surface area is 211 Å². The second-order valence-corrected chi connectivity index (χ2v) is 12.2. The number of hydrogen-bond donors (Lipinski definition) is 1. The SMILES string of the molecule is Cc1cc(C(=O)O)nc(N2[C@@H]3CC[C@H]2C[C@H](OCc2c(C4CCC5(CC4)CC5)noc2C2CC2)C3)n1. The zero-order chi connectivity index (χ0) is 24.4. The molecule has 4 heterocycles. The number of nitrogens with zero attached hydrogens (tertiary/aromatic N) is 4. The van der Waals surface area contributed by atoms with Crippen LogP contribution in [0.5, 0.6) is 0 Å². The fraction of sp³-hybridized carbons (Fsp3) is 0.714. The number of aromatic carboxylic acids is 1. The molecule has 5 fully saturated rings. The molecule has 7 rings (SSSR count). The average molecular weight is 493 g/mol. The number of carboxylic acid groups (broad SMARTS) is 1. The molecule has 3 saturated carbocycles. The molecule has 192 valence electrons. The Morgan fingerprint density at radius 1 is 1.06 bits per heavy atom. The maximum atomic E-state index is 11.5. The maximum Gasteiger partial charge on any atom is 0.354 e. The summed E-state index contributed by atoms with van der Waals surface area (Å²) in [4.78, 5) is 22.8. The smallest absolute Gasteiger partial charge is 0.354 e. The molecule has 8 nitrogen and oxygen atoms in total. The molecule has 0 amide bonds. The fourth-order valence-corrected chi connectivity index (χ4v) is 7.22. The second-order valence-electron chi connectivity index (χ2n) is 12.2. The van der Waals surface area contributed by atoms with Gasteiger partial charge in [-0.25, -0.2) is 14.8 Å². The highest BCUT2D eigenvalue weighted by molar-refractivity contribution is 5.85. The largest absolute Gasteiger partial charge is 0.477 e. The standard InChI is InChI=1S/C28H36N4O4/c1-16-12-23(26(33)34)30-27(29-16)32-19-4-5-20(32)14-21(13-19)35-15-22-24(31-36-25(22)18-2-3-18)17-6-8-28(9-7-17)10-11-28/h12,17-21H,2-11,13-15H2,1H3,(H,33,34)/t19-,20+,21-. The highest BCUT2D eigenvalue weighted by Gasteiger charge is 2.47. The first-order valence-electron chi connectivity index (χ1n) is 14.0. The van der Waals surface area contributed by atoms with Crippen LogP contribution in [0.4, 0.5) is 5.95 Å². The number of hydrogen-bond acceptors (Lipinski definition) is 7. The summed E-state index contributed by atoms with van der Waals surface area (Å²) in [6.45, 7) is 2.43. The van der Waals surface area contributed by atoms with E-state index in [1.807, 2.05) is 6.92 Å². The van der Waals surface area contributed by atoms with Gasteiger partial charge in [0.05, 0.1) is 18.4 Å². The Hall–Kier alpha value is -2.48. The van der Waals surface area contributed by atoms with E-state index in [1.165, 1.54) is 68.7 Å². The molecule has 0 unspecified atom stereocenters. The van der Waals surface area contributed by atoms with Crippen LogP contribution in [0, 0.1) is 12.3 Å². The molecule has 2 aromatic heterocycles. The number of piperidine rings is 1. The molecule has 2 aliphatic heterocycles. The highest BCUT2D eigenvalue weighted by Crippen LogP contribution is 2.59. The van der Waals surface area contributed by atoms with E-state index in [0.717, 1.165) is 31.4 Å². The number of carbonyl (C=O) groups is 1. The molecule has 2 saturated heterocycles. The van der Waals surface area contributed by atoms with Crippen molar-refractivity contribution in [3.05, 3.63) is 34.5 Å². The maximum absolute atomic E-state index is 11.5. The van der Waals surface area contributed by atoms with Gasteiger partial charge >= 0.3 is 5.97 Å². The lowest BCUT2D eigenvalue weighted by Crippen LogP contribution is -2.46. The lowest BCUT2D eigenvalue weighted by Gasteiger charge is -2.39. The van der Waals surface area contributed by atoms with Gasteiger partial charge in [0.15, 0.2) is 5.69 Å². The summed E-state index contributed by atoms with van der Waals surface area (Å²) >= 11 is 0. The molecule has 2 aromatic rings. The van der Waals surface area contributed by atoms with Crippen molar-refractivity contribution in [3.8, 4) is 0 Å². The van der Waals surface area contributed by atoms with Crippen LogP contribution in [0.25, 0.3) is 0 Å².